The second kappa shape index (κ2) is 5.51. The van der Waals surface area contributed by atoms with Gasteiger partial charge in [-0.2, -0.15) is 4.31 Å². The standard InChI is InChI=1S/C12H20N2O2S/c1-4-10-7-8-11(13)9-12(10)17(15,16)14(5-2)6-3/h7-9H,4-6,13H2,1-3H3. The molecule has 0 aromatic heterocycles. The molecule has 0 radical (unpaired) electrons. The molecule has 0 aliphatic heterocycles. The lowest BCUT2D eigenvalue weighted by molar-refractivity contribution is 0.444. The van der Waals surface area contributed by atoms with Crippen LogP contribution in [-0.2, 0) is 16.4 Å². The highest BCUT2D eigenvalue weighted by molar-refractivity contribution is 7.89. The third-order valence-corrected chi connectivity index (χ3v) is 4.93. The van der Waals surface area contributed by atoms with E-state index in [4.69, 9.17) is 5.73 Å². The Hall–Kier alpha value is -1.07. The molecule has 0 aliphatic rings. The number of nitrogen functional groups attached to an aromatic ring is 1. The van der Waals surface area contributed by atoms with Gasteiger partial charge in [-0.1, -0.05) is 26.8 Å². The average molecular weight is 256 g/mol. The zero-order chi connectivity index (χ0) is 13.1. The first-order valence-electron chi connectivity index (χ1n) is 5.85. The summed E-state index contributed by atoms with van der Waals surface area (Å²) in [4.78, 5) is 0.337. The van der Waals surface area contributed by atoms with E-state index in [1.165, 1.54) is 4.31 Å². The van der Waals surface area contributed by atoms with Gasteiger partial charge >= 0.3 is 0 Å². The van der Waals surface area contributed by atoms with Crippen LogP contribution in [-0.4, -0.2) is 25.8 Å². The lowest BCUT2D eigenvalue weighted by Gasteiger charge is -2.20. The zero-order valence-electron chi connectivity index (χ0n) is 10.6. The fourth-order valence-electron chi connectivity index (χ4n) is 1.81. The largest absolute Gasteiger partial charge is 0.399 e. The van der Waals surface area contributed by atoms with Crippen molar-refractivity contribution in [2.45, 2.75) is 32.1 Å². The monoisotopic (exact) mass is 256 g/mol. The third-order valence-electron chi connectivity index (χ3n) is 2.80. The van der Waals surface area contributed by atoms with Crippen LogP contribution in [0.3, 0.4) is 0 Å². The van der Waals surface area contributed by atoms with Gasteiger partial charge in [-0.25, -0.2) is 8.42 Å². The molecule has 0 heterocycles. The summed E-state index contributed by atoms with van der Waals surface area (Å²) in [6.07, 6.45) is 0.677. The molecule has 17 heavy (non-hydrogen) atoms. The van der Waals surface area contributed by atoms with E-state index in [-0.39, 0.29) is 0 Å². The highest BCUT2D eigenvalue weighted by atomic mass is 32.2. The number of hydrogen-bond donors (Lipinski definition) is 1. The zero-order valence-corrected chi connectivity index (χ0v) is 11.4. The van der Waals surface area contributed by atoms with Crippen LogP contribution in [0, 0.1) is 0 Å². The van der Waals surface area contributed by atoms with Gasteiger partial charge in [0.2, 0.25) is 10.0 Å². The van der Waals surface area contributed by atoms with Gasteiger partial charge in [0.05, 0.1) is 4.90 Å². The molecule has 0 spiro atoms. The minimum Gasteiger partial charge on any atom is -0.399 e. The van der Waals surface area contributed by atoms with Crippen molar-refractivity contribution >= 4 is 15.7 Å². The van der Waals surface area contributed by atoms with Crippen molar-refractivity contribution in [3.63, 3.8) is 0 Å². The van der Waals surface area contributed by atoms with Crippen molar-refractivity contribution in [3.05, 3.63) is 23.8 Å². The number of aryl methyl sites for hydroxylation is 1. The molecule has 0 atom stereocenters. The second-order valence-corrected chi connectivity index (χ2v) is 5.72. The molecular weight excluding hydrogens is 236 g/mol. The van der Waals surface area contributed by atoms with Crippen molar-refractivity contribution in [1.29, 1.82) is 0 Å². The van der Waals surface area contributed by atoms with E-state index in [1.54, 1.807) is 18.2 Å². The van der Waals surface area contributed by atoms with E-state index in [9.17, 15) is 8.42 Å². The normalized spacial score (nSPS) is 12.0. The first-order chi connectivity index (χ1) is 7.97. The Labute approximate surface area is 103 Å². The van der Waals surface area contributed by atoms with E-state index < -0.39 is 10.0 Å². The van der Waals surface area contributed by atoms with Gasteiger partial charge < -0.3 is 5.73 Å². The highest BCUT2D eigenvalue weighted by Gasteiger charge is 2.24. The fourth-order valence-corrected chi connectivity index (χ4v) is 3.59. The predicted octanol–water partition coefficient (Wildman–Crippen LogP) is 1.86. The van der Waals surface area contributed by atoms with Gasteiger partial charge in [0, 0.05) is 18.8 Å². The smallest absolute Gasteiger partial charge is 0.243 e. The number of nitrogens with zero attached hydrogens (tertiary/aromatic N) is 1. The minimum absolute atomic E-state index is 0.337. The summed E-state index contributed by atoms with van der Waals surface area (Å²) < 4.78 is 26.2. The molecule has 0 fully saturated rings. The lowest BCUT2D eigenvalue weighted by atomic mass is 10.1. The Kier molecular flexibility index (Phi) is 4.54. The fraction of sp³-hybridized carbons (Fsp3) is 0.500. The van der Waals surface area contributed by atoms with E-state index in [0.29, 0.717) is 30.1 Å². The number of benzene rings is 1. The Morgan fingerprint density at radius 1 is 1.18 bits per heavy atom. The maximum absolute atomic E-state index is 12.4. The molecule has 0 bridgehead atoms. The molecule has 96 valence electrons. The first-order valence-corrected chi connectivity index (χ1v) is 7.29. The molecular formula is C12H20N2O2S. The molecule has 0 aliphatic carbocycles. The number of sulfonamides is 1. The topological polar surface area (TPSA) is 63.4 Å². The van der Waals surface area contributed by atoms with Crippen LogP contribution in [0.5, 0.6) is 0 Å². The van der Waals surface area contributed by atoms with E-state index >= 15 is 0 Å². The second-order valence-electron chi connectivity index (χ2n) is 3.81. The summed E-state index contributed by atoms with van der Waals surface area (Å²) in [5.41, 5.74) is 6.97. The number of anilines is 1. The maximum atomic E-state index is 12.4. The molecule has 0 unspecified atom stereocenters. The predicted molar refractivity (Wildman–Crippen MR) is 70.3 cm³/mol. The summed E-state index contributed by atoms with van der Waals surface area (Å²) in [6, 6.07) is 5.07. The van der Waals surface area contributed by atoms with Crippen LogP contribution in [0.25, 0.3) is 0 Å². The molecule has 4 nitrogen and oxygen atoms in total. The van der Waals surface area contributed by atoms with E-state index in [0.717, 1.165) is 5.56 Å². The van der Waals surface area contributed by atoms with Crippen molar-refractivity contribution in [1.82, 2.24) is 4.31 Å². The summed E-state index contributed by atoms with van der Waals surface area (Å²) >= 11 is 0. The maximum Gasteiger partial charge on any atom is 0.243 e. The van der Waals surface area contributed by atoms with Gasteiger partial charge in [-0.15, -0.1) is 0 Å². The average Bonchev–Trinajstić information content (AvgIpc) is 2.30. The molecule has 1 aromatic carbocycles. The third kappa shape index (κ3) is 2.79. The number of nitrogens with two attached hydrogens (primary N) is 1. The number of hydrogen-bond acceptors (Lipinski definition) is 3. The highest BCUT2D eigenvalue weighted by Crippen LogP contribution is 2.23. The van der Waals surface area contributed by atoms with Crippen LogP contribution in [0.1, 0.15) is 26.3 Å². The van der Waals surface area contributed by atoms with Crippen LogP contribution in [0.2, 0.25) is 0 Å². The van der Waals surface area contributed by atoms with Crippen LogP contribution in [0.15, 0.2) is 23.1 Å². The molecule has 0 saturated carbocycles. The Morgan fingerprint density at radius 3 is 2.24 bits per heavy atom. The summed E-state index contributed by atoms with van der Waals surface area (Å²) in [5, 5.41) is 0. The SMILES string of the molecule is CCc1ccc(N)cc1S(=O)(=O)N(CC)CC. The molecule has 1 aromatic rings. The quantitative estimate of drug-likeness (QED) is 0.818. The minimum atomic E-state index is -3.41. The summed E-state index contributed by atoms with van der Waals surface area (Å²) in [6.45, 7) is 6.54. The first kappa shape index (κ1) is 14.0. The van der Waals surface area contributed by atoms with E-state index in [2.05, 4.69) is 0 Å². The van der Waals surface area contributed by atoms with Crippen molar-refractivity contribution in [3.8, 4) is 0 Å². The Morgan fingerprint density at radius 2 is 1.76 bits per heavy atom. The Balaban J connectivity index is 3.36. The van der Waals surface area contributed by atoms with Crippen LogP contribution >= 0.6 is 0 Å². The van der Waals surface area contributed by atoms with Crippen molar-refractivity contribution in [2.75, 3.05) is 18.8 Å². The van der Waals surface area contributed by atoms with Gasteiger partial charge in [-0.05, 0) is 24.1 Å². The van der Waals surface area contributed by atoms with Gasteiger partial charge in [0.15, 0.2) is 0 Å². The molecule has 1 rings (SSSR count). The van der Waals surface area contributed by atoms with Crippen molar-refractivity contribution in [2.24, 2.45) is 0 Å². The van der Waals surface area contributed by atoms with Crippen LogP contribution < -0.4 is 5.73 Å². The molecule has 2 N–H and O–H groups in total. The van der Waals surface area contributed by atoms with Gasteiger partial charge in [-0.3, -0.25) is 0 Å². The molecule has 5 heteroatoms. The summed E-state index contributed by atoms with van der Waals surface area (Å²) in [7, 11) is -3.41. The molecule has 0 amide bonds. The van der Waals surface area contributed by atoms with Gasteiger partial charge in [0.1, 0.15) is 0 Å². The lowest BCUT2D eigenvalue weighted by Crippen LogP contribution is -2.31. The van der Waals surface area contributed by atoms with Crippen LogP contribution in [0.4, 0.5) is 5.69 Å². The Bertz CT molecular complexity index is 479. The van der Waals surface area contributed by atoms with Crippen molar-refractivity contribution < 1.29 is 8.42 Å². The van der Waals surface area contributed by atoms with Gasteiger partial charge in [0.25, 0.3) is 0 Å². The molecule has 0 saturated heterocycles. The van der Waals surface area contributed by atoms with E-state index in [1.807, 2.05) is 20.8 Å². The summed E-state index contributed by atoms with van der Waals surface area (Å²) in [5.74, 6) is 0. The number of rotatable bonds is 5.